The summed E-state index contributed by atoms with van der Waals surface area (Å²) in [7, 11) is 0. The normalized spacial score (nSPS) is 17.2. The van der Waals surface area contributed by atoms with Gasteiger partial charge >= 0.3 is 0 Å². The topological polar surface area (TPSA) is 60.8 Å². The van der Waals surface area contributed by atoms with Crippen LogP contribution in [0.25, 0.3) is 0 Å². The molecule has 0 saturated carbocycles. The molecule has 1 atom stereocenters. The van der Waals surface area contributed by atoms with Gasteiger partial charge in [-0.1, -0.05) is 29.8 Å². The molecule has 1 saturated heterocycles. The second-order valence-electron chi connectivity index (χ2n) is 6.33. The molecule has 0 spiro atoms. The number of benzene rings is 2. The summed E-state index contributed by atoms with van der Waals surface area (Å²) in [5.41, 5.74) is 1.99. The van der Waals surface area contributed by atoms with Crippen LogP contribution in [-0.2, 0) is 17.6 Å². The number of aromatic hydroxyl groups is 2. The maximum atomic E-state index is 12.4. The van der Waals surface area contributed by atoms with Crippen molar-refractivity contribution in [1.29, 1.82) is 0 Å². The van der Waals surface area contributed by atoms with Crippen LogP contribution in [0, 0.1) is 5.92 Å². The SMILES string of the molecule is O=C(Cc1ccc(O)c(Cl)c1)N1CCC(Cc2ccc(O)cc2)C1. The number of carbonyl (C=O) groups excluding carboxylic acids is 1. The van der Waals surface area contributed by atoms with Crippen molar-refractivity contribution in [2.24, 2.45) is 5.92 Å². The molecule has 1 amide bonds. The van der Waals surface area contributed by atoms with Crippen LogP contribution in [0.2, 0.25) is 5.02 Å². The number of hydrogen-bond donors (Lipinski definition) is 2. The molecule has 2 aromatic carbocycles. The molecular weight excluding hydrogens is 326 g/mol. The molecule has 1 heterocycles. The molecule has 1 aliphatic heterocycles. The third-order valence-electron chi connectivity index (χ3n) is 4.47. The summed E-state index contributed by atoms with van der Waals surface area (Å²) >= 11 is 5.89. The van der Waals surface area contributed by atoms with Gasteiger partial charge in [-0.05, 0) is 54.2 Å². The smallest absolute Gasteiger partial charge is 0.226 e. The quantitative estimate of drug-likeness (QED) is 0.893. The third-order valence-corrected chi connectivity index (χ3v) is 4.77. The predicted molar refractivity (Wildman–Crippen MR) is 93.3 cm³/mol. The summed E-state index contributed by atoms with van der Waals surface area (Å²) in [4.78, 5) is 14.3. The van der Waals surface area contributed by atoms with Gasteiger partial charge in [-0.25, -0.2) is 0 Å². The summed E-state index contributed by atoms with van der Waals surface area (Å²) in [6.07, 6.45) is 2.20. The van der Waals surface area contributed by atoms with E-state index >= 15 is 0 Å². The van der Waals surface area contributed by atoms with E-state index < -0.39 is 0 Å². The van der Waals surface area contributed by atoms with Crippen LogP contribution < -0.4 is 0 Å². The minimum Gasteiger partial charge on any atom is -0.508 e. The fourth-order valence-electron chi connectivity index (χ4n) is 3.14. The second kappa shape index (κ2) is 7.14. The van der Waals surface area contributed by atoms with Crippen molar-refractivity contribution < 1.29 is 15.0 Å². The molecule has 0 bridgehead atoms. The third kappa shape index (κ3) is 4.01. The van der Waals surface area contributed by atoms with Crippen molar-refractivity contribution in [1.82, 2.24) is 4.90 Å². The number of likely N-dealkylation sites (tertiary alicyclic amines) is 1. The first kappa shape index (κ1) is 16.7. The Morgan fingerprint density at radius 3 is 2.54 bits per heavy atom. The molecule has 126 valence electrons. The molecule has 1 fully saturated rings. The van der Waals surface area contributed by atoms with Gasteiger partial charge in [0.15, 0.2) is 0 Å². The highest BCUT2D eigenvalue weighted by atomic mass is 35.5. The lowest BCUT2D eigenvalue weighted by Crippen LogP contribution is -2.30. The van der Waals surface area contributed by atoms with Gasteiger partial charge in [-0.2, -0.15) is 0 Å². The molecule has 4 nitrogen and oxygen atoms in total. The molecule has 0 aliphatic carbocycles. The summed E-state index contributed by atoms with van der Waals surface area (Å²) in [5.74, 6) is 0.837. The minimum absolute atomic E-state index is 0.0306. The number of phenols is 2. The van der Waals surface area contributed by atoms with Crippen molar-refractivity contribution in [3.05, 3.63) is 58.6 Å². The highest BCUT2D eigenvalue weighted by Crippen LogP contribution is 2.25. The van der Waals surface area contributed by atoms with E-state index in [2.05, 4.69) is 0 Å². The van der Waals surface area contributed by atoms with E-state index in [9.17, 15) is 15.0 Å². The first-order valence-electron chi connectivity index (χ1n) is 8.04. The zero-order valence-corrected chi connectivity index (χ0v) is 14.0. The lowest BCUT2D eigenvalue weighted by molar-refractivity contribution is -0.129. The first-order valence-corrected chi connectivity index (χ1v) is 8.42. The largest absolute Gasteiger partial charge is 0.508 e. The lowest BCUT2D eigenvalue weighted by atomic mass is 9.99. The molecule has 1 unspecified atom stereocenters. The Bertz CT molecular complexity index is 730. The average Bonchev–Trinajstić information content (AvgIpc) is 3.02. The Morgan fingerprint density at radius 2 is 1.83 bits per heavy atom. The van der Waals surface area contributed by atoms with E-state index in [4.69, 9.17) is 11.6 Å². The predicted octanol–water partition coefficient (Wildman–Crippen LogP) is 3.38. The second-order valence-corrected chi connectivity index (χ2v) is 6.73. The molecule has 0 radical (unpaired) electrons. The van der Waals surface area contributed by atoms with Crippen LogP contribution in [0.15, 0.2) is 42.5 Å². The number of nitrogens with zero attached hydrogens (tertiary/aromatic N) is 1. The maximum absolute atomic E-state index is 12.4. The number of hydrogen-bond acceptors (Lipinski definition) is 3. The van der Waals surface area contributed by atoms with E-state index in [-0.39, 0.29) is 22.4 Å². The summed E-state index contributed by atoms with van der Waals surface area (Å²) < 4.78 is 0. The highest BCUT2D eigenvalue weighted by Gasteiger charge is 2.26. The average molecular weight is 346 g/mol. The van der Waals surface area contributed by atoms with E-state index in [0.29, 0.717) is 12.3 Å². The summed E-state index contributed by atoms with van der Waals surface area (Å²) in [5, 5.41) is 19.0. The van der Waals surface area contributed by atoms with Crippen LogP contribution in [0.3, 0.4) is 0 Å². The lowest BCUT2D eigenvalue weighted by Gasteiger charge is -2.17. The van der Waals surface area contributed by atoms with Gasteiger partial charge in [0.25, 0.3) is 0 Å². The zero-order chi connectivity index (χ0) is 17.1. The van der Waals surface area contributed by atoms with Crippen LogP contribution in [0.1, 0.15) is 17.5 Å². The van der Waals surface area contributed by atoms with Crippen LogP contribution in [-0.4, -0.2) is 34.1 Å². The molecule has 0 aromatic heterocycles. The van der Waals surface area contributed by atoms with Crippen LogP contribution >= 0.6 is 11.6 Å². The van der Waals surface area contributed by atoms with Crippen molar-refractivity contribution in [3.8, 4) is 11.5 Å². The Kier molecular flexibility index (Phi) is 4.95. The molecule has 2 aromatic rings. The number of amides is 1. The van der Waals surface area contributed by atoms with E-state index in [0.717, 1.165) is 31.5 Å². The monoisotopic (exact) mass is 345 g/mol. The minimum atomic E-state index is 0.0306. The summed E-state index contributed by atoms with van der Waals surface area (Å²) in [6, 6.07) is 12.1. The number of halogens is 1. The molecule has 5 heteroatoms. The van der Waals surface area contributed by atoms with Crippen LogP contribution in [0.4, 0.5) is 0 Å². The fraction of sp³-hybridized carbons (Fsp3) is 0.316. The van der Waals surface area contributed by atoms with Gasteiger partial charge in [-0.3, -0.25) is 4.79 Å². The van der Waals surface area contributed by atoms with E-state index in [1.165, 1.54) is 11.6 Å². The van der Waals surface area contributed by atoms with Gasteiger partial charge in [0.05, 0.1) is 11.4 Å². The molecule has 1 aliphatic rings. The molecule has 3 rings (SSSR count). The van der Waals surface area contributed by atoms with Gasteiger partial charge < -0.3 is 15.1 Å². The Hall–Kier alpha value is -2.20. The molecular formula is C19H20ClNO3. The Balaban J connectivity index is 1.55. The fourth-order valence-corrected chi connectivity index (χ4v) is 3.34. The van der Waals surface area contributed by atoms with Gasteiger partial charge in [0.1, 0.15) is 11.5 Å². The molecule has 24 heavy (non-hydrogen) atoms. The highest BCUT2D eigenvalue weighted by molar-refractivity contribution is 6.32. The number of carbonyl (C=O) groups is 1. The van der Waals surface area contributed by atoms with Crippen molar-refractivity contribution in [2.45, 2.75) is 19.3 Å². The van der Waals surface area contributed by atoms with Gasteiger partial charge in [0, 0.05) is 13.1 Å². The number of rotatable bonds is 4. The van der Waals surface area contributed by atoms with Gasteiger partial charge in [0.2, 0.25) is 5.91 Å². The van der Waals surface area contributed by atoms with Crippen molar-refractivity contribution in [2.75, 3.05) is 13.1 Å². The van der Waals surface area contributed by atoms with Crippen molar-refractivity contribution >= 4 is 17.5 Å². The van der Waals surface area contributed by atoms with Crippen LogP contribution in [0.5, 0.6) is 11.5 Å². The first-order chi connectivity index (χ1) is 11.5. The number of phenolic OH excluding ortho intramolecular Hbond substituents is 2. The standard InChI is InChI=1S/C19H20ClNO3/c20-17-10-14(3-6-18(17)23)11-19(24)21-8-7-15(12-21)9-13-1-4-16(22)5-2-13/h1-6,10,15,22-23H,7-9,11-12H2. The molecule has 2 N–H and O–H groups in total. The van der Waals surface area contributed by atoms with Gasteiger partial charge in [-0.15, -0.1) is 0 Å². The Labute approximate surface area is 146 Å². The van der Waals surface area contributed by atoms with E-state index in [1.807, 2.05) is 17.0 Å². The Morgan fingerprint density at radius 1 is 1.12 bits per heavy atom. The summed E-state index contributed by atoms with van der Waals surface area (Å²) in [6.45, 7) is 1.53. The maximum Gasteiger partial charge on any atom is 0.226 e. The van der Waals surface area contributed by atoms with Crippen molar-refractivity contribution in [3.63, 3.8) is 0 Å². The zero-order valence-electron chi connectivity index (χ0n) is 13.3. The van der Waals surface area contributed by atoms with E-state index in [1.54, 1.807) is 24.3 Å².